The van der Waals surface area contributed by atoms with Gasteiger partial charge in [0.1, 0.15) is 0 Å². The van der Waals surface area contributed by atoms with Crippen LogP contribution in [-0.4, -0.2) is 23.5 Å². The van der Waals surface area contributed by atoms with Crippen molar-refractivity contribution >= 4 is 11.9 Å². The smallest absolute Gasteiger partial charge is 0.311 e. The Hall–Kier alpha value is -1.84. The van der Waals surface area contributed by atoms with Crippen LogP contribution in [0, 0.1) is 5.41 Å². The minimum atomic E-state index is -0.798. The molecule has 1 amide bonds. The third kappa shape index (κ3) is 3.59. The van der Waals surface area contributed by atoms with E-state index in [0.29, 0.717) is 25.7 Å². The molecule has 4 heteroatoms. The van der Waals surface area contributed by atoms with E-state index in [4.69, 9.17) is 5.11 Å². The van der Waals surface area contributed by atoms with Gasteiger partial charge < -0.3 is 10.4 Å². The van der Waals surface area contributed by atoms with Crippen molar-refractivity contribution in [2.75, 3.05) is 6.54 Å². The number of carboxylic acids is 1. The van der Waals surface area contributed by atoms with Gasteiger partial charge in [-0.25, -0.2) is 0 Å². The molecule has 1 aromatic rings. The summed E-state index contributed by atoms with van der Waals surface area (Å²) < 4.78 is 0. The van der Waals surface area contributed by atoms with Crippen LogP contribution < -0.4 is 5.32 Å². The van der Waals surface area contributed by atoms with Crippen LogP contribution in [-0.2, 0) is 22.4 Å². The Morgan fingerprint density at radius 2 is 1.80 bits per heavy atom. The zero-order valence-corrected chi connectivity index (χ0v) is 11.8. The van der Waals surface area contributed by atoms with Crippen molar-refractivity contribution in [2.24, 2.45) is 5.41 Å². The van der Waals surface area contributed by atoms with E-state index < -0.39 is 11.4 Å². The monoisotopic (exact) mass is 275 g/mol. The normalized spacial score (nSPS) is 15.7. The Morgan fingerprint density at radius 1 is 1.20 bits per heavy atom. The number of benzene rings is 1. The largest absolute Gasteiger partial charge is 0.481 e. The van der Waals surface area contributed by atoms with Gasteiger partial charge in [-0.1, -0.05) is 31.2 Å². The van der Waals surface area contributed by atoms with Gasteiger partial charge in [-0.3, -0.25) is 9.59 Å². The van der Waals surface area contributed by atoms with E-state index in [1.54, 1.807) is 0 Å². The molecule has 0 aliphatic heterocycles. The highest BCUT2D eigenvalue weighted by atomic mass is 16.4. The molecule has 0 bridgehead atoms. The summed E-state index contributed by atoms with van der Waals surface area (Å²) in [5, 5.41) is 11.8. The fourth-order valence-corrected chi connectivity index (χ4v) is 2.17. The number of carbonyl (C=O) groups excluding carboxylic acids is 1. The molecule has 1 aromatic carbocycles. The number of aryl methyl sites for hydroxylation is 2. The Balaban J connectivity index is 1.73. The summed E-state index contributed by atoms with van der Waals surface area (Å²) >= 11 is 0. The Kier molecular flexibility index (Phi) is 4.42. The molecule has 0 atom stereocenters. The quantitative estimate of drug-likeness (QED) is 0.801. The number of carbonyl (C=O) groups is 2. The number of hydrogen-bond donors (Lipinski definition) is 2. The molecule has 0 spiro atoms. The lowest BCUT2D eigenvalue weighted by Crippen LogP contribution is -2.34. The molecule has 1 saturated carbocycles. The van der Waals surface area contributed by atoms with Gasteiger partial charge in [-0.2, -0.15) is 0 Å². The summed E-state index contributed by atoms with van der Waals surface area (Å²) in [7, 11) is 0. The van der Waals surface area contributed by atoms with E-state index in [-0.39, 0.29) is 12.5 Å². The predicted molar refractivity (Wildman–Crippen MR) is 76.5 cm³/mol. The van der Waals surface area contributed by atoms with Gasteiger partial charge in [-0.05, 0) is 36.8 Å². The summed E-state index contributed by atoms with van der Waals surface area (Å²) in [4.78, 5) is 22.7. The number of amides is 1. The van der Waals surface area contributed by atoms with Crippen LogP contribution in [0.2, 0.25) is 0 Å². The minimum Gasteiger partial charge on any atom is -0.481 e. The highest BCUT2D eigenvalue weighted by Crippen LogP contribution is 2.45. The van der Waals surface area contributed by atoms with Crippen molar-refractivity contribution in [3.63, 3.8) is 0 Å². The van der Waals surface area contributed by atoms with Gasteiger partial charge in [0.25, 0.3) is 0 Å². The van der Waals surface area contributed by atoms with Crippen LogP contribution in [0.1, 0.15) is 37.3 Å². The highest BCUT2D eigenvalue weighted by Gasteiger charge is 2.50. The number of hydrogen-bond acceptors (Lipinski definition) is 2. The summed E-state index contributed by atoms with van der Waals surface area (Å²) in [5.74, 6) is -0.870. The standard InChI is InChI=1S/C16H21NO3/c1-2-12-3-5-13(6-4-12)7-8-14(18)17-11-16(9-10-16)15(19)20/h3-6H,2,7-11H2,1H3,(H,17,18)(H,19,20). The molecule has 108 valence electrons. The number of rotatable bonds is 7. The van der Waals surface area contributed by atoms with E-state index in [1.807, 2.05) is 12.1 Å². The lowest BCUT2D eigenvalue weighted by molar-refractivity contribution is -0.143. The van der Waals surface area contributed by atoms with E-state index in [9.17, 15) is 9.59 Å². The van der Waals surface area contributed by atoms with Crippen molar-refractivity contribution < 1.29 is 14.7 Å². The molecule has 4 nitrogen and oxygen atoms in total. The molecule has 2 N–H and O–H groups in total. The van der Waals surface area contributed by atoms with Gasteiger partial charge in [0.15, 0.2) is 0 Å². The molecular formula is C16H21NO3. The Labute approximate surface area is 119 Å². The van der Waals surface area contributed by atoms with Crippen molar-refractivity contribution in [1.29, 1.82) is 0 Å². The average molecular weight is 275 g/mol. The van der Waals surface area contributed by atoms with Crippen LogP contribution in [0.3, 0.4) is 0 Å². The van der Waals surface area contributed by atoms with Crippen molar-refractivity contribution in [3.05, 3.63) is 35.4 Å². The first kappa shape index (κ1) is 14.6. The molecule has 0 aromatic heterocycles. The van der Waals surface area contributed by atoms with Crippen LogP contribution in [0.15, 0.2) is 24.3 Å². The molecule has 1 aliphatic carbocycles. The predicted octanol–water partition coefficient (Wildman–Crippen LogP) is 2.16. The number of carboxylic acid groups (broad SMARTS) is 1. The van der Waals surface area contributed by atoms with E-state index in [0.717, 1.165) is 12.0 Å². The molecule has 0 unspecified atom stereocenters. The molecule has 20 heavy (non-hydrogen) atoms. The fourth-order valence-electron chi connectivity index (χ4n) is 2.17. The van der Waals surface area contributed by atoms with E-state index in [1.165, 1.54) is 5.56 Å². The Morgan fingerprint density at radius 3 is 2.30 bits per heavy atom. The van der Waals surface area contributed by atoms with E-state index >= 15 is 0 Å². The Bertz CT molecular complexity index is 489. The topological polar surface area (TPSA) is 66.4 Å². The lowest BCUT2D eigenvalue weighted by atomic mass is 10.1. The zero-order valence-electron chi connectivity index (χ0n) is 11.8. The van der Waals surface area contributed by atoms with Crippen LogP contribution >= 0.6 is 0 Å². The second-order valence-electron chi connectivity index (χ2n) is 5.53. The zero-order chi connectivity index (χ0) is 14.6. The molecule has 0 heterocycles. The van der Waals surface area contributed by atoms with Gasteiger partial charge in [-0.15, -0.1) is 0 Å². The molecule has 0 saturated heterocycles. The number of aliphatic carboxylic acids is 1. The van der Waals surface area contributed by atoms with Gasteiger partial charge in [0.2, 0.25) is 5.91 Å². The summed E-state index contributed by atoms with van der Waals surface area (Å²) in [6, 6.07) is 8.26. The molecule has 1 fully saturated rings. The first-order valence-electron chi connectivity index (χ1n) is 7.14. The summed E-state index contributed by atoms with van der Waals surface area (Å²) in [6.45, 7) is 2.37. The first-order chi connectivity index (χ1) is 9.55. The second-order valence-corrected chi connectivity index (χ2v) is 5.53. The fraction of sp³-hybridized carbons (Fsp3) is 0.500. The number of nitrogens with one attached hydrogen (secondary N) is 1. The van der Waals surface area contributed by atoms with Gasteiger partial charge >= 0.3 is 5.97 Å². The summed E-state index contributed by atoms with van der Waals surface area (Å²) in [5.41, 5.74) is 1.74. The van der Waals surface area contributed by atoms with E-state index in [2.05, 4.69) is 24.4 Å². The van der Waals surface area contributed by atoms with Crippen LogP contribution in [0.25, 0.3) is 0 Å². The molecule has 2 rings (SSSR count). The highest BCUT2D eigenvalue weighted by molar-refractivity contribution is 5.81. The maximum Gasteiger partial charge on any atom is 0.311 e. The van der Waals surface area contributed by atoms with Gasteiger partial charge in [0.05, 0.1) is 5.41 Å². The third-order valence-corrected chi connectivity index (χ3v) is 4.00. The SMILES string of the molecule is CCc1ccc(CCC(=O)NCC2(C(=O)O)CC2)cc1. The first-order valence-corrected chi connectivity index (χ1v) is 7.14. The second kappa shape index (κ2) is 6.07. The van der Waals surface area contributed by atoms with Gasteiger partial charge in [0, 0.05) is 13.0 Å². The maximum atomic E-state index is 11.7. The summed E-state index contributed by atoms with van der Waals surface area (Å²) in [6.07, 6.45) is 3.44. The average Bonchev–Trinajstić information content (AvgIpc) is 3.25. The van der Waals surface area contributed by atoms with Crippen molar-refractivity contribution in [3.8, 4) is 0 Å². The minimum absolute atomic E-state index is 0.0721. The van der Waals surface area contributed by atoms with Crippen molar-refractivity contribution in [2.45, 2.75) is 39.0 Å². The maximum absolute atomic E-state index is 11.7. The lowest BCUT2D eigenvalue weighted by Gasteiger charge is -2.11. The van der Waals surface area contributed by atoms with Crippen LogP contribution in [0.5, 0.6) is 0 Å². The third-order valence-electron chi connectivity index (χ3n) is 4.00. The van der Waals surface area contributed by atoms with Crippen LogP contribution in [0.4, 0.5) is 0 Å². The molecular weight excluding hydrogens is 254 g/mol. The molecule has 0 radical (unpaired) electrons. The van der Waals surface area contributed by atoms with Crippen molar-refractivity contribution in [1.82, 2.24) is 5.32 Å². The molecule has 1 aliphatic rings.